The fourth-order valence-electron chi connectivity index (χ4n) is 5.24. The first-order chi connectivity index (χ1) is 18.4. The smallest absolute Gasteiger partial charge is 0.320 e. The third-order valence-electron chi connectivity index (χ3n) is 7.47. The molecule has 2 aromatic heterocycles. The van der Waals surface area contributed by atoms with E-state index < -0.39 is 5.82 Å². The molecule has 0 radical (unpaired) electrons. The summed E-state index contributed by atoms with van der Waals surface area (Å²) < 4.78 is 27.2. The van der Waals surface area contributed by atoms with Crippen LogP contribution in [0.3, 0.4) is 0 Å². The lowest BCUT2D eigenvalue weighted by Crippen LogP contribution is -2.50. The van der Waals surface area contributed by atoms with Crippen LogP contribution in [0.4, 0.5) is 10.2 Å². The quantitative estimate of drug-likeness (QED) is 0.443. The highest BCUT2D eigenvalue weighted by Crippen LogP contribution is 2.37. The Kier molecular flexibility index (Phi) is 8.04. The normalized spacial score (nSPS) is 19.1. The van der Waals surface area contributed by atoms with E-state index in [0.717, 1.165) is 62.3 Å². The van der Waals surface area contributed by atoms with Gasteiger partial charge in [0.25, 0.3) is 0 Å². The highest BCUT2D eigenvalue weighted by molar-refractivity contribution is 5.91. The van der Waals surface area contributed by atoms with Crippen LogP contribution in [-0.4, -0.2) is 78.9 Å². The first kappa shape index (κ1) is 26.3. The number of halogens is 1. The Morgan fingerprint density at radius 2 is 1.97 bits per heavy atom. The number of nitrogens with one attached hydrogen (secondary N) is 1. The molecule has 0 unspecified atom stereocenters. The number of aromatic nitrogens is 3. The highest BCUT2D eigenvalue weighted by Gasteiger charge is 2.26. The molecule has 5 rings (SSSR count). The van der Waals surface area contributed by atoms with Crippen LogP contribution in [0.5, 0.6) is 11.8 Å². The van der Waals surface area contributed by atoms with E-state index in [0.29, 0.717) is 41.2 Å². The average Bonchev–Trinajstić information content (AvgIpc) is 2.91. The number of piperazine rings is 1. The Morgan fingerprint density at radius 3 is 2.74 bits per heavy atom. The lowest BCUT2D eigenvalue weighted by molar-refractivity contribution is 0.154. The van der Waals surface area contributed by atoms with Gasteiger partial charge >= 0.3 is 6.01 Å². The third kappa shape index (κ3) is 5.59. The molecular weight excluding hydrogens is 483 g/mol. The van der Waals surface area contributed by atoms with Crippen molar-refractivity contribution in [2.24, 2.45) is 5.92 Å². The summed E-state index contributed by atoms with van der Waals surface area (Å²) in [6.45, 7) is 13.3. The Labute approximate surface area is 223 Å². The largest absolute Gasteiger partial charge is 0.489 e. The molecule has 0 aliphatic carbocycles. The molecule has 9 heteroatoms. The monoisotopic (exact) mass is 520 g/mol. The molecule has 2 aliphatic rings. The molecule has 202 valence electrons. The second-order valence-electron chi connectivity index (χ2n) is 10.4. The van der Waals surface area contributed by atoms with E-state index in [2.05, 4.69) is 35.7 Å². The number of aryl methyl sites for hydroxylation is 1. The summed E-state index contributed by atoms with van der Waals surface area (Å²) in [7, 11) is 2.15. The van der Waals surface area contributed by atoms with Gasteiger partial charge in [-0.1, -0.05) is 18.7 Å². The number of anilines is 1. The number of nitrogens with zero attached hydrogens (tertiary/aromatic N) is 5. The Hall–Kier alpha value is -3.30. The fourth-order valence-corrected chi connectivity index (χ4v) is 5.24. The zero-order valence-corrected chi connectivity index (χ0v) is 22.5. The van der Waals surface area contributed by atoms with Crippen LogP contribution in [0, 0.1) is 18.7 Å². The zero-order chi connectivity index (χ0) is 26.6. The Balaban J connectivity index is 1.57. The molecular formula is C29H37FN6O2. The van der Waals surface area contributed by atoms with Gasteiger partial charge in [0.2, 0.25) is 0 Å². The van der Waals surface area contributed by atoms with E-state index >= 15 is 4.39 Å². The summed E-state index contributed by atoms with van der Waals surface area (Å²) in [4.78, 5) is 19.1. The molecule has 1 atom stereocenters. The maximum atomic E-state index is 15.2. The molecule has 4 heterocycles. The Morgan fingerprint density at radius 1 is 1.16 bits per heavy atom. The number of ether oxygens (including phenoxy) is 2. The van der Waals surface area contributed by atoms with Gasteiger partial charge in [0.15, 0.2) is 5.65 Å². The fraction of sp³-hybridized carbons (Fsp3) is 0.483. The number of benzene rings is 1. The molecule has 0 amide bonds. The van der Waals surface area contributed by atoms with Crippen LogP contribution in [-0.2, 0) is 0 Å². The van der Waals surface area contributed by atoms with Crippen molar-refractivity contribution >= 4 is 16.9 Å². The minimum Gasteiger partial charge on any atom is -0.489 e. The van der Waals surface area contributed by atoms with Crippen molar-refractivity contribution in [2.75, 3.05) is 57.9 Å². The molecule has 0 bridgehead atoms. The zero-order valence-electron chi connectivity index (χ0n) is 22.5. The molecule has 2 saturated heterocycles. The maximum absolute atomic E-state index is 15.2. The number of likely N-dealkylation sites (tertiary alicyclic amines) is 1. The molecule has 0 spiro atoms. The molecule has 8 nitrogen and oxygen atoms in total. The van der Waals surface area contributed by atoms with E-state index in [1.165, 1.54) is 6.07 Å². The van der Waals surface area contributed by atoms with Gasteiger partial charge in [-0.2, -0.15) is 9.97 Å². The second-order valence-corrected chi connectivity index (χ2v) is 10.4. The van der Waals surface area contributed by atoms with E-state index in [1.54, 1.807) is 18.2 Å². The van der Waals surface area contributed by atoms with Crippen molar-refractivity contribution in [2.45, 2.75) is 32.7 Å². The van der Waals surface area contributed by atoms with Crippen molar-refractivity contribution in [1.82, 2.24) is 25.2 Å². The first-order valence-corrected chi connectivity index (χ1v) is 13.4. The summed E-state index contributed by atoms with van der Waals surface area (Å²) in [5, 5.41) is 4.27. The van der Waals surface area contributed by atoms with Crippen LogP contribution in [0.15, 0.2) is 36.9 Å². The maximum Gasteiger partial charge on any atom is 0.320 e. The second kappa shape index (κ2) is 11.6. The van der Waals surface area contributed by atoms with Crippen LogP contribution >= 0.6 is 0 Å². The van der Waals surface area contributed by atoms with Gasteiger partial charge in [-0.25, -0.2) is 9.37 Å². The van der Waals surface area contributed by atoms with Gasteiger partial charge in [0.05, 0.1) is 23.3 Å². The average molecular weight is 521 g/mol. The Bertz CT molecular complexity index is 1290. The molecule has 2 fully saturated rings. The van der Waals surface area contributed by atoms with E-state index in [4.69, 9.17) is 24.4 Å². The van der Waals surface area contributed by atoms with Crippen molar-refractivity contribution in [3.63, 3.8) is 0 Å². The summed E-state index contributed by atoms with van der Waals surface area (Å²) in [5.74, 6) is 1.30. The molecule has 38 heavy (non-hydrogen) atoms. The van der Waals surface area contributed by atoms with Crippen LogP contribution in [0.25, 0.3) is 22.3 Å². The number of hydrogen-bond donors (Lipinski definition) is 1. The summed E-state index contributed by atoms with van der Waals surface area (Å²) in [5.41, 5.74) is 2.11. The van der Waals surface area contributed by atoms with Crippen LogP contribution in [0.1, 0.15) is 25.3 Å². The SMILES string of the molecule is C=CCOc1cccc(F)c1-c1nc2nc(OCC3CCN(C)CC3)nc(N3CCNC[C@H]3C)c2cc1C. The number of rotatable bonds is 8. The molecule has 0 saturated carbocycles. The molecule has 1 N–H and O–H groups in total. The van der Waals surface area contributed by atoms with Gasteiger partial charge in [0, 0.05) is 25.7 Å². The van der Waals surface area contributed by atoms with Gasteiger partial charge in [0.1, 0.15) is 24.0 Å². The van der Waals surface area contributed by atoms with Gasteiger partial charge in [-0.15, -0.1) is 0 Å². The minimum atomic E-state index is -0.398. The van der Waals surface area contributed by atoms with Crippen molar-refractivity contribution in [3.8, 4) is 23.0 Å². The van der Waals surface area contributed by atoms with Crippen LogP contribution in [0.2, 0.25) is 0 Å². The third-order valence-corrected chi connectivity index (χ3v) is 7.47. The molecule has 2 aliphatic heterocycles. The predicted molar refractivity (Wildman–Crippen MR) is 149 cm³/mol. The van der Waals surface area contributed by atoms with E-state index in [1.807, 2.05) is 13.0 Å². The van der Waals surface area contributed by atoms with Gasteiger partial charge in [-0.05, 0) is 76.5 Å². The molecule has 3 aromatic rings. The van der Waals surface area contributed by atoms with Gasteiger partial charge < -0.3 is 24.6 Å². The minimum absolute atomic E-state index is 0.244. The molecule has 1 aromatic carbocycles. The van der Waals surface area contributed by atoms with Crippen LogP contribution < -0.4 is 19.7 Å². The number of hydrogen-bond acceptors (Lipinski definition) is 8. The first-order valence-electron chi connectivity index (χ1n) is 13.4. The van der Waals surface area contributed by atoms with Crippen molar-refractivity contribution in [1.29, 1.82) is 0 Å². The predicted octanol–water partition coefficient (Wildman–Crippen LogP) is 4.22. The topological polar surface area (TPSA) is 75.6 Å². The van der Waals surface area contributed by atoms with Crippen molar-refractivity contribution < 1.29 is 13.9 Å². The van der Waals surface area contributed by atoms with E-state index in [9.17, 15) is 0 Å². The number of pyridine rings is 1. The summed E-state index contributed by atoms with van der Waals surface area (Å²) in [6.07, 6.45) is 3.82. The lowest BCUT2D eigenvalue weighted by atomic mass is 9.98. The highest BCUT2D eigenvalue weighted by atomic mass is 19.1. The number of piperidine rings is 1. The summed E-state index contributed by atoms with van der Waals surface area (Å²) >= 11 is 0. The lowest BCUT2D eigenvalue weighted by Gasteiger charge is -2.35. The van der Waals surface area contributed by atoms with E-state index in [-0.39, 0.29) is 12.6 Å². The van der Waals surface area contributed by atoms with Crippen molar-refractivity contribution in [3.05, 3.63) is 48.3 Å². The standard InChI is InChI=1S/C29H37FN6O2/c1-5-15-37-24-8-6-7-23(30)25(24)26-19(2)16-22-27(32-26)33-29(38-18-21-9-12-35(4)13-10-21)34-28(22)36-14-11-31-17-20(36)3/h5-8,16,20-21,31H,1,9-15,17-18H2,2-4H3/t20-/m1/s1. The number of fused-ring (bicyclic) bond motifs is 1. The summed E-state index contributed by atoms with van der Waals surface area (Å²) in [6, 6.07) is 7.37. The van der Waals surface area contributed by atoms with Gasteiger partial charge in [-0.3, -0.25) is 0 Å².